The Balaban J connectivity index is 1.97. The zero-order chi connectivity index (χ0) is 19.5. The molecule has 140 valence electrons. The topological polar surface area (TPSA) is 82.5 Å². The fourth-order valence-corrected chi connectivity index (χ4v) is 2.18. The lowest BCUT2D eigenvalue weighted by atomic mass is 10.2. The number of oxime groups is 1. The number of carbonyl (C=O) groups excluding carboxylic acids is 1. The molecule has 1 aromatic carbocycles. The molecule has 0 amide bonds. The van der Waals surface area contributed by atoms with Crippen LogP contribution in [-0.4, -0.2) is 21.6 Å². The molecule has 2 rings (SSSR count). The van der Waals surface area contributed by atoms with Crippen molar-refractivity contribution in [1.29, 1.82) is 0 Å². The fourth-order valence-electron chi connectivity index (χ4n) is 1.94. The van der Waals surface area contributed by atoms with Gasteiger partial charge in [0.15, 0.2) is 11.5 Å². The third kappa shape index (κ3) is 4.72. The predicted octanol–water partition coefficient (Wildman–Crippen LogP) is 3.26. The summed E-state index contributed by atoms with van der Waals surface area (Å²) >= 11 is 5.61. The van der Waals surface area contributed by atoms with E-state index in [0.29, 0.717) is 5.56 Å². The summed E-state index contributed by atoms with van der Waals surface area (Å²) in [6.45, 7) is 1.16. The summed E-state index contributed by atoms with van der Waals surface area (Å²) in [6, 6.07) is 5.00. The smallest absolute Gasteiger partial charge is 0.380 e. The number of alkyl halides is 3. The lowest BCUT2D eigenvalue weighted by Crippen LogP contribution is -2.16. The number of rotatable bonds is 5. The third-order valence-electron chi connectivity index (χ3n) is 3.32. The summed E-state index contributed by atoms with van der Waals surface area (Å²) < 4.78 is 52.0. The minimum atomic E-state index is -4.69. The predicted molar refractivity (Wildman–Crippen MR) is 84.8 cm³/mol. The van der Waals surface area contributed by atoms with E-state index >= 15 is 0 Å². The molecule has 0 unspecified atom stereocenters. The van der Waals surface area contributed by atoms with Crippen molar-refractivity contribution in [3.63, 3.8) is 0 Å². The van der Waals surface area contributed by atoms with Crippen molar-refractivity contribution in [2.75, 3.05) is 0 Å². The van der Waals surface area contributed by atoms with Crippen molar-refractivity contribution in [2.45, 2.75) is 26.1 Å². The number of aryl methyl sites for hydroxylation is 1. The highest BCUT2D eigenvalue weighted by atomic mass is 35.5. The van der Waals surface area contributed by atoms with E-state index in [2.05, 4.69) is 15.1 Å². The van der Waals surface area contributed by atoms with E-state index in [1.165, 1.54) is 19.1 Å². The molecule has 0 saturated heterocycles. The zero-order valence-corrected chi connectivity index (χ0v) is 14.1. The number of nitrogens with two attached hydrogens (primary N) is 1. The number of carbonyl (C=O) groups is 1. The lowest BCUT2D eigenvalue weighted by Gasteiger charge is -2.04. The number of benzene rings is 1. The molecule has 0 radical (unpaired) electrons. The van der Waals surface area contributed by atoms with E-state index in [9.17, 15) is 22.4 Å². The molecule has 1 aromatic heterocycles. The third-order valence-corrected chi connectivity index (χ3v) is 3.77. The van der Waals surface area contributed by atoms with Gasteiger partial charge in [0.1, 0.15) is 5.82 Å². The first-order valence-corrected chi connectivity index (χ1v) is 7.56. The largest absolute Gasteiger partial charge is 0.436 e. The van der Waals surface area contributed by atoms with E-state index in [1.807, 2.05) is 0 Å². The molecule has 6 nitrogen and oxygen atoms in total. The van der Waals surface area contributed by atoms with Crippen LogP contribution in [0.25, 0.3) is 0 Å². The summed E-state index contributed by atoms with van der Waals surface area (Å²) in [6.07, 6.45) is -5.00. The molecule has 2 N–H and O–H groups in total. The number of amidine groups is 1. The first kappa shape index (κ1) is 19.7. The molecule has 0 atom stereocenters. The molecule has 0 aliphatic carbocycles. The summed E-state index contributed by atoms with van der Waals surface area (Å²) in [4.78, 5) is 16.3. The van der Waals surface area contributed by atoms with E-state index in [1.54, 1.807) is 0 Å². The maximum absolute atomic E-state index is 12.8. The van der Waals surface area contributed by atoms with Crippen LogP contribution in [0.3, 0.4) is 0 Å². The Kier molecular flexibility index (Phi) is 5.86. The SMILES string of the molecule is Cc1c(Cl)c(C(F)(F)F)nn1CCC(=O)O/N=C(\N)c1ccc(F)cc1. The van der Waals surface area contributed by atoms with Crippen molar-refractivity contribution < 1.29 is 27.2 Å². The minimum Gasteiger partial charge on any atom is -0.380 e. The van der Waals surface area contributed by atoms with Gasteiger partial charge in [0, 0.05) is 5.56 Å². The highest BCUT2D eigenvalue weighted by Gasteiger charge is 2.38. The van der Waals surface area contributed by atoms with Gasteiger partial charge >= 0.3 is 12.1 Å². The fraction of sp³-hybridized carbons (Fsp3) is 0.267. The van der Waals surface area contributed by atoms with Gasteiger partial charge in [-0.15, -0.1) is 0 Å². The van der Waals surface area contributed by atoms with Crippen molar-refractivity contribution in [2.24, 2.45) is 10.9 Å². The Labute approximate surface area is 150 Å². The van der Waals surface area contributed by atoms with Gasteiger partial charge in [-0.2, -0.15) is 18.3 Å². The quantitative estimate of drug-likeness (QED) is 0.278. The van der Waals surface area contributed by atoms with Crippen molar-refractivity contribution in [1.82, 2.24) is 9.78 Å². The first-order chi connectivity index (χ1) is 12.1. The Bertz CT molecular complexity index is 831. The van der Waals surface area contributed by atoms with E-state index in [-0.39, 0.29) is 24.5 Å². The van der Waals surface area contributed by atoms with Crippen LogP contribution in [0, 0.1) is 12.7 Å². The van der Waals surface area contributed by atoms with E-state index in [4.69, 9.17) is 17.3 Å². The molecule has 2 aromatic rings. The molecule has 1 heterocycles. The number of nitrogens with zero attached hydrogens (tertiary/aromatic N) is 3. The van der Waals surface area contributed by atoms with Crippen molar-refractivity contribution in [3.05, 3.63) is 52.1 Å². The Morgan fingerprint density at radius 2 is 1.96 bits per heavy atom. The monoisotopic (exact) mass is 392 g/mol. The molecule has 0 spiro atoms. The molecular weight excluding hydrogens is 380 g/mol. The van der Waals surface area contributed by atoms with Crippen LogP contribution in [0.1, 0.15) is 23.4 Å². The van der Waals surface area contributed by atoms with Crippen LogP contribution in [0.5, 0.6) is 0 Å². The number of hydrogen-bond acceptors (Lipinski definition) is 4. The van der Waals surface area contributed by atoms with Crippen LogP contribution in [0.2, 0.25) is 5.02 Å². The summed E-state index contributed by atoms with van der Waals surface area (Å²) in [5.41, 5.74) is 4.77. The second kappa shape index (κ2) is 7.73. The zero-order valence-electron chi connectivity index (χ0n) is 13.3. The lowest BCUT2D eigenvalue weighted by molar-refractivity contribution is -0.144. The molecule has 0 fully saturated rings. The van der Waals surface area contributed by atoms with Gasteiger partial charge in [0.2, 0.25) is 0 Å². The number of aromatic nitrogens is 2. The first-order valence-electron chi connectivity index (χ1n) is 7.19. The van der Waals surface area contributed by atoms with Crippen LogP contribution < -0.4 is 5.73 Å². The highest BCUT2D eigenvalue weighted by molar-refractivity contribution is 6.31. The van der Waals surface area contributed by atoms with Crippen LogP contribution in [-0.2, 0) is 22.4 Å². The van der Waals surface area contributed by atoms with Gasteiger partial charge < -0.3 is 10.6 Å². The van der Waals surface area contributed by atoms with E-state index < -0.39 is 28.7 Å². The van der Waals surface area contributed by atoms with Gasteiger partial charge in [-0.1, -0.05) is 16.8 Å². The van der Waals surface area contributed by atoms with Gasteiger partial charge in [0.25, 0.3) is 0 Å². The molecule has 0 aliphatic rings. The van der Waals surface area contributed by atoms with Crippen LogP contribution in [0.4, 0.5) is 17.6 Å². The second-order valence-corrected chi connectivity index (χ2v) is 5.54. The van der Waals surface area contributed by atoms with Crippen molar-refractivity contribution in [3.8, 4) is 0 Å². The molecule has 0 bridgehead atoms. The van der Waals surface area contributed by atoms with E-state index in [0.717, 1.165) is 16.8 Å². The average molecular weight is 393 g/mol. The molecule has 26 heavy (non-hydrogen) atoms. The van der Waals surface area contributed by atoms with Gasteiger partial charge in [-0.3, -0.25) is 4.68 Å². The number of halogens is 5. The highest BCUT2D eigenvalue weighted by Crippen LogP contribution is 2.35. The standard InChI is InChI=1S/C15H13ClF4N4O2/c1-8-12(16)13(15(18,19)20)22-24(8)7-6-11(25)26-23-14(21)9-2-4-10(17)5-3-9/h2-5H,6-7H2,1H3,(H2,21,23). The van der Waals surface area contributed by atoms with Gasteiger partial charge in [-0.25, -0.2) is 9.18 Å². The van der Waals surface area contributed by atoms with Gasteiger partial charge in [-0.05, 0) is 31.2 Å². The summed E-state index contributed by atoms with van der Waals surface area (Å²) in [5.74, 6) is -1.46. The maximum Gasteiger partial charge on any atom is 0.436 e. The second-order valence-electron chi connectivity index (χ2n) is 5.17. The van der Waals surface area contributed by atoms with Crippen molar-refractivity contribution >= 4 is 23.4 Å². The van der Waals surface area contributed by atoms with Gasteiger partial charge in [0.05, 0.1) is 23.7 Å². The Hall–Kier alpha value is -2.62. The number of hydrogen-bond donors (Lipinski definition) is 1. The minimum absolute atomic E-state index is 0.0705. The molecular formula is C15H13ClF4N4O2. The normalized spacial score (nSPS) is 12.3. The van der Waals surface area contributed by atoms with Crippen LogP contribution >= 0.6 is 11.6 Å². The van der Waals surface area contributed by atoms with Crippen LogP contribution in [0.15, 0.2) is 29.4 Å². The maximum atomic E-state index is 12.8. The molecule has 0 aliphatic heterocycles. The Morgan fingerprint density at radius 1 is 1.35 bits per heavy atom. The summed E-state index contributed by atoms with van der Waals surface area (Å²) in [5, 5.41) is 6.24. The molecule has 11 heteroatoms. The molecule has 0 saturated carbocycles. The average Bonchev–Trinajstić information content (AvgIpc) is 2.86. The Morgan fingerprint density at radius 3 is 2.50 bits per heavy atom. The summed E-state index contributed by atoms with van der Waals surface area (Å²) in [7, 11) is 0.